The molecule has 9 heteroatoms. The Balaban J connectivity index is 1.70. The molecule has 0 aliphatic carbocycles. The number of aromatic hydroxyl groups is 1. The number of fused-ring (bicyclic) bond motifs is 1. The minimum Gasteiger partial charge on any atom is -0.508 e. The molecule has 25 heavy (non-hydrogen) atoms. The van der Waals surface area contributed by atoms with E-state index in [0.29, 0.717) is 5.56 Å². The Labute approximate surface area is 148 Å². The third-order valence-electron chi connectivity index (χ3n) is 4.51. The molecule has 0 bridgehead atoms. The highest BCUT2D eigenvalue weighted by molar-refractivity contribution is 8.01. The second-order valence-corrected chi connectivity index (χ2v) is 8.42. The van der Waals surface area contributed by atoms with Crippen molar-refractivity contribution in [3.05, 3.63) is 29.8 Å². The highest BCUT2D eigenvalue weighted by Gasteiger charge is 2.64. The van der Waals surface area contributed by atoms with Crippen molar-refractivity contribution in [3.8, 4) is 5.75 Å². The van der Waals surface area contributed by atoms with E-state index in [0.717, 1.165) is 0 Å². The molecule has 2 heterocycles. The van der Waals surface area contributed by atoms with E-state index in [1.165, 1.54) is 40.9 Å². The Hall–Kier alpha value is -2.26. The number of carboxylic acid groups (broad SMARTS) is 1. The summed E-state index contributed by atoms with van der Waals surface area (Å²) in [7, 11) is 0. The molecular formula is C16H19N3O5S. The van der Waals surface area contributed by atoms with E-state index in [4.69, 9.17) is 5.73 Å². The number of nitrogens with zero attached hydrogens (tertiary/aromatic N) is 1. The molecule has 2 saturated heterocycles. The van der Waals surface area contributed by atoms with Crippen LogP contribution in [0.25, 0.3) is 0 Å². The van der Waals surface area contributed by atoms with Gasteiger partial charge in [0.05, 0.1) is 0 Å². The Morgan fingerprint density at radius 3 is 2.48 bits per heavy atom. The number of hydrogen-bond donors (Lipinski definition) is 4. The summed E-state index contributed by atoms with van der Waals surface area (Å²) in [6.45, 7) is 3.53. The number of phenolic OH excluding ortho intramolecular Hbond substituents is 1. The van der Waals surface area contributed by atoms with Gasteiger partial charge in [0.2, 0.25) is 11.8 Å². The molecule has 0 spiro atoms. The van der Waals surface area contributed by atoms with Crippen LogP contribution >= 0.6 is 11.8 Å². The van der Waals surface area contributed by atoms with Crippen LogP contribution in [0.4, 0.5) is 0 Å². The Bertz CT molecular complexity index is 736. The average molecular weight is 365 g/mol. The van der Waals surface area contributed by atoms with Crippen molar-refractivity contribution < 1.29 is 24.6 Å². The number of β-lactam (4-membered cyclic amide) rings is 1. The minimum atomic E-state index is -1.06. The van der Waals surface area contributed by atoms with Gasteiger partial charge in [-0.15, -0.1) is 11.8 Å². The van der Waals surface area contributed by atoms with Crippen LogP contribution in [0.3, 0.4) is 0 Å². The summed E-state index contributed by atoms with van der Waals surface area (Å²) in [6, 6.07) is 3.21. The molecule has 8 nitrogen and oxygen atoms in total. The fourth-order valence-corrected chi connectivity index (χ4v) is 4.85. The fraction of sp³-hybridized carbons (Fsp3) is 0.438. The summed E-state index contributed by atoms with van der Waals surface area (Å²) >= 11 is 1.35. The molecule has 1 unspecified atom stereocenters. The Kier molecular flexibility index (Phi) is 4.16. The summed E-state index contributed by atoms with van der Waals surface area (Å²) < 4.78 is -0.648. The third kappa shape index (κ3) is 2.83. The van der Waals surface area contributed by atoms with Gasteiger partial charge in [-0.2, -0.15) is 0 Å². The van der Waals surface area contributed by atoms with Crippen molar-refractivity contribution in [2.24, 2.45) is 5.73 Å². The first-order chi connectivity index (χ1) is 11.6. The number of aliphatic carboxylic acids is 1. The molecule has 0 radical (unpaired) electrons. The predicted octanol–water partition coefficient (Wildman–Crippen LogP) is 0.0237. The molecule has 5 N–H and O–H groups in total. The quantitative estimate of drug-likeness (QED) is 0.553. The van der Waals surface area contributed by atoms with E-state index in [1.54, 1.807) is 13.8 Å². The van der Waals surface area contributed by atoms with Crippen LogP contribution in [-0.2, 0) is 14.4 Å². The van der Waals surface area contributed by atoms with Crippen LogP contribution in [0.2, 0.25) is 0 Å². The number of nitrogens with one attached hydrogen (secondary N) is 1. The predicted molar refractivity (Wildman–Crippen MR) is 90.7 cm³/mol. The molecule has 0 saturated carbocycles. The molecule has 134 valence electrons. The van der Waals surface area contributed by atoms with Crippen LogP contribution in [0.5, 0.6) is 5.75 Å². The fourth-order valence-electron chi connectivity index (χ4n) is 3.22. The smallest absolute Gasteiger partial charge is 0.327 e. The van der Waals surface area contributed by atoms with Crippen molar-refractivity contribution in [1.82, 2.24) is 10.2 Å². The van der Waals surface area contributed by atoms with Gasteiger partial charge >= 0.3 is 5.97 Å². The first-order valence-electron chi connectivity index (χ1n) is 7.71. The molecular weight excluding hydrogens is 346 g/mol. The standard InChI is InChI=1S/C16H19N3O5S/c1-16(2)11(15(23)24)19-13(22)10(14(19)25-16)18-12(21)9(17)7-3-5-8(20)6-4-7/h3-6,9-11,14,20H,17H2,1-2H3,(H,18,21)(H,23,24)/t9?,10-,11-,14+/m0/s1. The SMILES string of the molecule is CC1(C)S[C@@H]2[C@@H](NC(=O)C(N)c3ccc(O)cc3)C(=O)N2[C@H]1C(=O)O. The normalized spacial score (nSPS) is 28.0. The van der Waals surface area contributed by atoms with Gasteiger partial charge < -0.3 is 26.2 Å². The average Bonchev–Trinajstić information content (AvgIpc) is 2.80. The van der Waals surface area contributed by atoms with Crippen LogP contribution in [0.15, 0.2) is 24.3 Å². The van der Waals surface area contributed by atoms with Crippen LogP contribution in [0, 0.1) is 0 Å². The van der Waals surface area contributed by atoms with E-state index in [2.05, 4.69) is 5.32 Å². The van der Waals surface area contributed by atoms with Gasteiger partial charge in [-0.25, -0.2) is 4.79 Å². The highest BCUT2D eigenvalue weighted by atomic mass is 32.2. The third-order valence-corrected chi connectivity index (χ3v) is 6.08. The summed E-state index contributed by atoms with van der Waals surface area (Å²) in [5, 5.41) is 20.9. The van der Waals surface area contributed by atoms with Crippen LogP contribution in [-0.4, -0.2) is 55.1 Å². The maximum absolute atomic E-state index is 12.3. The number of carbonyl (C=O) groups excluding carboxylic acids is 2. The number of carbonyl (C=O) groups is 3. The zero-order valence-corrected chi connectivity index (χ0v) is 14.5. The van der Waals surface area contributed by atoms with Crippen molar-refractivity contribution in [1.29, 1.82) is 0 Å². The van der Waals surface area contributed by atoms with E-state index in [-0.39, 0.29) is 5.75 Å². The number of benzene rings is 1. The maximum Gasteiger partial charge on any atom is 0.327 e. The van der Waals surface area contributed by atoms with Gasteiger partial charge in [0, 0.05) is 4.75 Å². The summed E-state index contributed by atoms with van der Waals surface area (Å²) in [4.78, 5) is 37.5. The molecule has 3 rings (SSSR count). The monoisotopic (exact) mass is 365 g/mol. The second kappa shape index (κ2) is 5.92. The van der Waals surface area contributed by atoms with Crippen molar-refractivity contribution in [2.45, 2.75) is 42.1 Å². The molecule has 2 amide bonds. The lowest BCUT2D eigenvalue weighted by atomic mass is 9.95. The molecule has 2 aliphatic heterocycles. The van der Waals surface area contributed by atoms with E-state index in [1.807, 2.05) is 0 Å². The second-order valence-electron chi connectivity index (χ2n) is 6.65. The maximum atomic E-state index is 12.3. The van der Waals surface area contributed by atoms with Crippen LogP contribution in [0.1, 0.15) is 25.5 Å². The minimum absolute atomic E-state index is 0.0606. The number of thioether (sulfide) groups is 1. The molecule has 4 atom stereocenters. The summed E-state index contributed by atoms with van der Waals surface area (Å²) in [6.07, 6.45) is 0. The number of rotatable bonds is 4. The topological polar surface area (TPSA) is 133 Å². The highest BCUT2D eigenvalue weighted by Crippen LogP contribution is 2.50. The van der Waals surface area contributed by atoms with Gasteiger partial charge in [-0.1, -0.05) is 12.1 Å². The lowest BCUT2D eigenvalue weighted by molar-refractivity contribution is -0.161. The van der Waals surface area contributed by atoms with E-state index >= 15 is 0 Å². The van der Waals surface area contributed by atoms with Crippen molar-refractivity contribution in [2.75, 3.05) is 0 Å². The van der Waals surface area contributed by atoms with Gasteiger partial charge in [0.1, 0.15) is 29.2 Å². The number of phenols is 1. The largest absolute Gasteiger partial charge is 0.508 e. The number of amides is 2. The number of carboxylic acids is 1. The van der Waals surface area contributed by atoms with Gasteiger partial charge in [0.25, 0.3) is 0 Å². The number of hydrogen-bond acceptors (Lipinski definition) is 6. The van der Waals surface area contributed by atoms with Gasteiger partial charge in [-0.05, 0) is 31.5 Å². The molecule has 2 aliphatic rings. The molecule has 1 aromatic carbocycles. The van der Waals surface area contributed by atoms with E-state index < -0.39 is 46.0 Å². The summed E-state index contributed by atoms with van der Waals surface area (Å²) in [5.74, 6) is -1.94. The van der Waals surface area contributed by atoms with Crippen LogP contribution < -0.4 is 11.1 Å². The van der Waals surface area contributed by atoms with E-state index in [9.17, 15) is 24.6 Å². The van der Waals surface area contributed by atoms with Crippen molar-refractivity contribution >= 4 is 29.5 Å². The molecule has 1 aromatic rings. The molecule has 2 fully saturated rings. The lowest BCUT2D eigenvalue weighted by Crippen LogP contribution is -2.71. The number of nitrogens with two attached hydrogens (primary N) is 1. The zero-order valence-electron chi connectivity index (χ0n) is 13.7. The first-order valence-corrected chi connectivity index (χ1v) is 8.59. The first kappa shape index (κ1) is 17.6. The molecule has 0 aromatic heterocycles. The van der Waals surface area contributed by atoms with Gasteiger partial charge in [0.15, 0.2) is 0 Å². The zero-order chi connectivity index (χ0) is 18.5. The van der Waals surface area contributed by atoms with Crippen molar-refractivity contribution in [3.63, 3.8) is 0 Å². The Morgan fingerprint density at radius 2 is 1.92 bits per heavy atom. The summed E-state index contributed by atoms with van der Waals surface area (Å²) in [5.41, 5.74) is 6.41. The Morgan fingerprint density at radius 1 is 1.32 bits per heavy atom. The van der Waals surface area contributed by atoms with Gasteiger partial charge in [-0.3, -0.25) is 9.59 Å². The lowest BCUT2D eigenvalue weighted by Gasteiger charge is -2.43.